The molecule has 0 fully saturated rings. The van der Waals surface area contributed by atoms with E-state index in [1.54, 1.807) is 0 Å². The molecule has 0 saturated heterocycles. The fourth-order valence-corrected chi connectivity index (χ4v) is 3.38. The Hall–Kier alpha value is -2.94. The van der Waals surface area contributed by atoms with Crippen LogP contribution >= 0.6 is 0 Å². The van der Waals surface area contributed by atoms with E-state index in [0.717, 1.165) is 36.2 Å². The van der Waals surface area contributed by atoms with Crippen LogP contribution in [0.25, 0.3) is 21.8 Å². The summed E-state index contributed by atoms with van der Waals surface area (Å²) in [5.41, 5.74) is 5.77. The highest BCUT2D eigenvalue weighted by Crippen LogP contribution is 2.24. The number of rotatable bonds is 6. The number of hydrogen-bond acceptors (Lipinski definition) is 3. The standard InChI is InChI=1S/C25H26N2O/c1-17(2)16-28-21-9-7-19(8-10-21)5-6-20-13-23-22-11-4-18(3)12-24(22)27-15-25(23)26-14-20/h4,7-15,17H,5-6,16H2,1-3H3. The summed E-state index contributed by atoms with van der Waals surface area (Å²) in [5, 5.41) is 2.35. The highest BCUT2D eigenvalue weighted by atomic mass is 16.5. The predicted octanol–water partition coefficient (Wildman–Crippen LogP) is 5.91. The lowest BCUT2D eigenvalue weighted by Gasteiger charge is -2.09. The molecule has 2 heterocycles. The number of ether oxygens (including phenoxy) is 1. The molecule has 3 nitrogen and oxygen atoms in total. The zero-order chi connectivity index (χ0) is 19.5. The molecule has 3 heteroatoms. The molecule has 0 atom stereocenters. The van der Waals surface area contributed by atoms with E-state index in [-0.39, 0.29) is 0 Å². The average molecular weight is 370 g/mol. The lowest BCUT2D eigenvalue weighted by atomic mass is 10.0. The van der Waals surface area contributed by atoms with Crippen molar-refractivity contribution in [2.45, 2.75) is 33.6 Å². The number of benzene rings is 2. The van der Waals surface area contributed by atoms with Gasteiger partial charge in [-0.2, -0.15) is 0 Å². The van der Waals surface area contributed by atoms with E-state index < -0.39 is 0 Å². The first-order chi connectivity index (χ1) is 13.6. The third kappa shape index (κ3) is 4.14. The van der Waals surface area contributed by atoms with Crippen molar-refractivity contribution in [3.63, 3.8) is 0 Å². The molecule has 0 radical (unpaired) electrons. The molecule has 0 N–H and O–H groups in total. The summed E-state index contributed by atoms with van der Waals surface area (Å²) in [6.07, 6.45) is 5.80. The SMILES string of the molecule is Cc1ccc2c(c1)ncc1ncc(CCc3ccc(OCC(C)C)cc3)cc12. The minimum Gasteiger partial charge on any atom is -0.493 e. The molecule has 0 amide bonds. The van der Waals surface area contributed by atoms with Crippen LogP contribution < -0.4 is 4.74 Å². The van der Waals surface area contributed by atoms with Gasteiger partial charge in [-0.25, -0.2) is 0 Å². The molecule has 2 aromatic carbocycles. The van der Waals surface area contributed by atoms with Crippen LogP contribution in [0.4, 0.5) is 0 Å². The fraction of sp³-hybridized carbons (Fsp3) is 0.280. The molecule has 0 unspecified atom stereocenters. The first-order valence-corrected chi connectivity index (χ1v) is 9.94. The molecule has 142 valence electrons. The summed E-state index contributed by atoms with van der Waals surface area (Å²) in [6, 6.07) is 17.1. The van der Waals surface area contributed by atoms with Crippen molar-refractivity contribution >= 4 is 21.8 Å². The van der Waals surface area contributed by atoms with Gasteiger partial charge in [0.15, 0.2) is 0 Å². The van der Waals surface area contributed by atoms with Gasteiger partial charge in [-0.15, -0.1) is 0 Å². The Morgan fingerprint density at radius 2 is 1.54 bits per heavy atom. The van der Waals surface area contributed by atoms with Gasteiger partial charge >= 0.3 is 0 Å². The zero-order valence-corrected chi connectivity index (χ0v) is 16.8. The predicted molar refractivity (Wildman–Crippen MR) is 116 cm³/mol. The fourth-order valence-electron chi connectivity index (χ4n) is 3.38. The third-order valence-corrected chi connectivity index (χ3v) is 4.95. The summed E-state index contributed by atoms with van der Waals surface area (Å²) in [4.78, 5) is 9.19. The summed E-state index contributed by atoms with van der Waals surface area (Å²) < 4.78 is 5.77. The van der Waals surface area contributed by atoms with Crippen molar-refractivity contribution in [2.24, 2.45) is 5.92 Å². The Morgan fingerprint density at radius 1 is 0.786 bits per heavy atom. The van der Waals surface area contributed by atoms with Crippen LogP contribution in [0.3, 0.4) is 0 Å². The molecule has 0 aliphatic carbocycles. The van der Waals surface area contributed by atoms with Gasteiger partial charge in [-0.05, 0) is 66.6 Å². The zero-order valence-electron chi connectivity index (χ0n) is 16.8. The number of hydrogen-bond donors (Lipinski definition) is 0. The monoisotopic (exact) mass is 370 g/mol. The molecule has 0 saturated carbocycles. The van der Waals surface area contributed by atoms with Crippen LogP contribution in [0.2, 0.25) is 0 Å². The van der Waals surface area contributed by atoms with Crippen molar-refractivity contribution in [1.82, 2.24) is 9.97 Å². The van der Waals surface area contributed by atoms with Gasteiger partial charge in [0.05, 0.1) is 23.8 Å². The van der Waals surface area contributed by atoms with Gasteiger partial charge in [-0.3, -0.25) is 9.97 Å². The second kappa shape index (κ2) is 7.97. The van der Waals surface area contributed by atoms with Gasteiger partial charge in [0.25, 0.3) is 0 Å². The molecular formula is C25H26N2O. The maximum atomic E-state index is 5.77. The first-order valence-electron chi connectivity index (χ1n) is 9.94. The maximum Gasteiger partial charge on any atom is 0.119 e. The Labute approximate surface area is 166 Å². The van der Waals surface area contributed by atoms with E-state index >= 15 is 0 Å². The van der Waals surface area contributed by atoms with E-state index in [0.29, 0.717) is 5.92 Å². The summed E-state index contributed by atoms with van der Waals surface area (Å²) in [7, 11) is 0. The molecule has 2 aromatic heterocycles. The smallest absolute Gasteiger partial charge is 0.119 e. The van der Waals surface area contributed by atoms with E-state index in [4.69, 9.17) is 4.74 Å². The van der Waals surface area contributed by atoms with Crippen LogP contribution in [0, 0.1) is 12.8 Å². The van der Waals surface area contributed by atoms with Crippen LogP contribution in [0.15, 0.2) is 60.9 Å². The number of pyridine rings is 2. The molecular weight excluding hydrogens is 344 g/mol. The van der Waals surface area contributed by atoms with E-state index in [9.17, 15) is 0 Å². The average Bonchev–Trinajstić information content (AvgIpc) is 2.71. The lowest BCUT2D eigenvalue weighted by molar-refractivity contribution is 0.271. The summed E-state index contributed by atoms with van der Waals surface area (Å²) in [6.45, 7) is 7.17. The Kier molecular flexibility index (Phi) is 5.25. The molecule has 28 heavy (non-hydrogen) atoms. The Morgan fingerprint density at radius 3 is 2.32 bits per heavy atom. The quantitative estimate of drug-likeness (QED) is 0.396. The molecule has 0 aliphatic heterocycles. The number of aryl methyl sites for hydroxylation is 3. The highest BCUT2D eigenvalue weighted by molar-refractivity contribution is 6.04. The van der Waals surface area contributed by atoms with Crippen molar-refractivity contribution in [1.29, 1.82) is 0 Å². The van der Waals surface area contributed by atoms with Crippen LogP contribution in [0.1, 0.15) is 30.5 Å². The van der Waals surface area contributed by atoms with Crippen molar-refractivity contribution < 1.29 is 4.74 Å². The van der Waals surface area contributed by atoms with Crippen molar-refractivity contribution in [2.75, 3.05) is 6.61 Å². The lowest BCUT2D eigenvalue weighted by Crippen LogP contribution is -2.04. The number of nitrogens with zero attached hydrogens (tertiary/aromatic N) is 2. The minimum absolute atomic E-state index is 0.537. The summed E-state index contributed by atoms with van der Waals surface area (Å²) in [5.74, 6) is 1.48. The van der Waals surface area contributed by atoms with Gasteiger partial charge in [0.2, 0.25) is 0 Å². The topological polar surface area (TPSA) is 35.0 Å². The molecule has 0 spiro atoms. The normalized spacial score (nSPS) is 11.4. The molecule has 0 bridgehead atoms. The first kappa shape index (κ1) is 18.4. The van der Waals surface area contributed by atoms with E-state index in [2.05, 4.69) is 79.3 Å². The van der Waals surface area contributed by atoms with Crippen LogP contribution in [-0.2, 0) is 12.8 Å². The van der Waals surface area contributed by atoms with Crippen molar-refractivity contribution in [3.05, 3.63) is 77.6 Å². The third-order valence-electron chi connectivity index (χ3n) is 4.95. The Bertz CT molecular complexity index is 1100. The largest absolute Gasteiger partial charge is 0.493 e. The highest BCUT2D eigenvalue weighted by Gasteiger charge is 2.06. The summed E-state index contributed by atoms with van der Waals surface area (Å²) >= 11 is 0. The molecule has 0 aliphatic rings. The van der Waals surface area contributed by atoms with Crippen molar-refractivity contribution in [3.8, 4) is 5.75 Å². The number of aromatic nitrogens is 2. The molecule has 4 rings (SSSR count). The molecule has 4 aromatic rings. The second-order valence-electron chi connectivity index (χ2n) is 7.90. The van der Waals surface area contributed by atoms with Crippen LogP contribution in [0.5, 0.6) is 5.75 Å². The van der Waals surface area contributed by atoms with Gasteiger partial charge < -0.3 is 4.74 Å². The Balaban J connectivity index is 1.51. The van der Waals surface area contributed by atoms with Crippen LogP contribution in [-0.4, -0.2) is 16.6 Å². The van der Waals surface area contributed by atoms with Gasteiger partial charge in [0.1, 0.15) is 5.75 Å². The van der Waals surface area contributed by atoms with E-state index in [1.165, 1.54) is 27.5 Å². The van der Waals surface area contributed by atoms with E-state index in [1.807, 2.05) is 12.4 Å². The van der Waals surface area contributed by atoms with Gasteiger partial charge in [0, 0.05) is 17.0 Å². The second-order valence-corrected chi connectivity index (χ2v) is 7.90. The maximum absolute atomic E-state index is 5.77. The van der Waals surface area contributed by atoms with Gasteiger partial charge in [-0.1, -0.05) is 38.1 Å². The number of fused-ring (bicyclic) bond motifs is 3. The minimum atomic E-state index is 0.537.